The minimum absolute atomic E-state index is 0.114. The quantitative estimate of drug-likeness (QED) is 0.825. The molecular formula is C19H28N2O5. The molecule has 1 fully saturated rings. The van der Waals surface area contributed by atoms with E-state index in [0.29, 0.717) is 25.3 Å². The fourth-order valence-electron chi connectivity index (χ4n) is 3.58. The average molecular weight is 364 g/mol. The minimum Gasteiger partial charge on any atom is -0.481 e. The summed E-state index contributed by atoms with van der Waals surface area (Å²) in [6.07, 6.45) is 1.64. The molecule has 1 N–H and O–H groups in total. The summed E-state index contributed by atoms with van der Waals surface area (Å²) in [6.45, 7) is 7.84. The second-order valence-electron chi connectivity index (χ2n) is 7.69. The predicted molar refractivity (Wildman–Crippen MR) is 96.3 cm³/mol. The second kappa shape index (κ2) is 7.51. The van der Waals surface area contributed by atoms with Crippen molar-refractivity contribution in [1.82, 2.24) is 9.88 Å². The van der Waals surface area contributed by atoms with E-state index < -0.39 is 17.1 Å². The number of methoxy groups -OCH3 is 1. The standard InChI is InChI=1S/C19H28N2O5/c1-6-19(16(22)26-18(2,3)4)12-21(17(23)24)10-8-14(19)13-7-9-20-15(11-13)25-5/h7,9,11,14H,6,8,10,12H2,1-5H3,(H,23,24). The van der Waals surface area contributed by atoms with Crippen LogP contribution in [0, 0.1) is 5.41 Å². The first kappa shape index (κ1) is 20.0. The molecule has 0 saturated carbocycles. The first-order valence-electron chi connectivity index (χ1n) is 8.84. The van der Waals surface area contributed by atoms with Gasteiger partial charge in [0, 0.05) is 31.3 Å². The number of amides is 1. The fourth-order valence-corrected chi connectivity index (χ4v) is 3.58. The van der Waals surface area contributed by atoms with E-state index in [2.05, 4.69) is 4.98 Å². The van der Waals surface area contributed by atoms with Gasteiger partial charge in [-0.1, -0.05) is 6.92 Å². The lowest BCUT2D eigenvalue weighted by Gasteiger charge is -2.46. The molecule has 7 nitrogen and oxygen atoms in total. The van der Waals surface area contributed by atoms with Crippen LogP contribution in [-0.4, -0.2) is 52.9 Å². The lowest BCUT2D eigenvalue weighted by Crippen LogP contribution is -2.54. The van der Waals surface area contributed by atoms with Crippen LogP contribution in [0.2, 0.25) is 0 Å². The number of carbonyl (C=O) groups is 2. The van der Waals surface area contributed by atoms with E-state index in [-0.39, 0.29) is 18.4 Å². The molecule has 0 spiro atoms. The van der Waals surface area contributed by atoms with Crippen LogP contribution in [0.15, 0.2) is 18.3 Å². The summed E-state index contributed by atoms with van der Waals surface area (Å²) in [7, 11) is 1.54. The van der Waals surface area contributed by atoms with Crippen molar-refractivity contribution in [3.8, 4) is 5.88 Å². The van der Waals surface area contributed by atoms with Crippen LogP contribution in [0.25, 0.3) is 0 Å². The SMILES string of the molecule is CCC1(C(=O)OC(C)(C)C)CN(C(=O)O)CCC1c1ccnc(OC)c1. The van der Waals surface area contributed by atoms with Crippen molar-refractivity contribution in [3.63, 3.8) is 0 Å². The third kappa shape index (κ3) is 4.08. The van der Waals surface area contributed by atoms with Gasteiger partial charge in [0.15, 0.2) is 0 Å². The first-order valence-corrected chi connectivity index (χ1v) is 8.84. The maximum atomic E-state index is 13.2. The number of piperidine rings is 1. The van der Waals surface area contributed by atoms with Crippen molar-refractivity contribution in [2.24, 2.45) is 5.41 Å². The molecule has 144 valence electrons. The summed E-state index contributed by atoms with van der Waals surface area (Å²) >= 11 is 0. The normalized spacial score (nSPS) is 23.4. The maximum Gasteiger partial charge on any atom is 0.407 e. The third-order valence-corrected chi connectivity index (χ3v) is 4.90. The van der Waals surface area contributed by atoms with Gasteiger partial charge in [-0.25, -0.2) is 9.78 Å². The monoisotopic (exact) mass is 364 g/mol. The van der Waals surface area contributed by atoms with Gasteiger partial charge in [0.05, 0.1) is 12.5 Å². The molecule has 2 heterocycles. The summed E-state index contributed by atoms with van der Waals surface area (Å²) in [5, 5.41) is 9.46. The molecule has 1 aromatic heterocycles. The van der Waals surface area contributed by atoms with Gasteiger partial charge in [0.1, 0.15) is 5.60 Å². The Bertz CT molecular complexity index is 670. The smallest absolute Gasteiger partial charge is 0.407 e. The molecule has 2 rings (SSSR count). The fraction of sp³-hybridized carbons (Fsp3) is 0.632. The number of hydrogen-bond acceptors (Lipinski definition) is 5. The molecule has 0 bridgehead atoms. The zero-order valence-corrected chi connectivity index (χ0v) is 16.1. The third-order valence-electron chi connectivity index (χ3n) is 4.90. The molecule has 0 aromatic carbocycles. The number of carbonyl (C=O) groups excluding carboxylic acids is 1. The zero-order chi connectivity index (χ0) is 19.5. The van der Waals surface area contributed by atoms with Crippen LogP contribution in [0.1, 0.15) is 52.0 Å². The summed E-state index contributed by atoms with van der Waals surface area (Å²) < 4.78 is 10.9. The van der Waals surface area contributed by atoms with Crippen LogP contribution in [-0.2, 0) is 9.53 Å². The summed E-state index contributed by atoms with van der Waals surface area (Å²) in [5.41, 5.74) is -0.684. The molecule has 1 amide bonds. The Balaban J connectivity index is 2.49. The maximum absolute atomic E-state index is 13.2. The van der Waals surface area contributed by atoms with E-state index >= 15 is 0 Å². The van der Waals surface area contributed by atoms with E-state index in [4.69, 9.17) is 9.47 Å². The summed E-state index contributed by atoms with van der Waals surface area (Å²) in [4.78, 5) is 30.2. The van der Waals surface area contributed by atoms with Crippen molar-refractivity contribution in [3.05, 3.63) is 23.9 Å². The minimum atomic E-state index is -1.02. The molecule has 2 unspecified atom stereocenters. The largest absolute Gasteiger partial charge is 0.481 e. The molecule has 1 aromatic rings. The molecule has 26 heavy (non-hydrogen) atoms. The molecule has 1 aliphatic rings. The zero-order valence-electron chi connectivity index (χ0n) is 16.1. The Hall–Kier alpha value is -2.31. The summed E-state index contributed by atoms with van der Waals surface area (Å²) in [5.74, 6) is -0.0635. The predicted octanol–water partition coefficient (Wildman–Crippen LogP) is 3.30. The van der Waals surface area contributed by atoms with Crippen molar-refractivity contribution in [2.75, 3.05) is 20.2 Å². The number of rotatable bonds is 4. The van der Waals surface area contributed by atoms with Gasteiger partial charge < -0.3 is 19.5 Å². The van der Waals surface area contributed by atoms with Gasteiger partial charge in [-0.05, 0) is 45.2 Å². The summed E-state index contributed by atoms with van der Waals surface area (Å²) in [6, 6.07) is 3.67. The highest BCUT2D eigenvalue weighted by molar-refractivity contribution is 5.80. The van der Waals surface area contributed by atoms with Crippen molar-refractivity contribution < 1.29 is 24.2 Å². The molecule has 7 heteroatoms. The van der Waals surface area contributed by atoms with Crippen LogP contribution < -0.4 is 4.74 Å². The van der Waals surface area contributed by atoms with E-state index in [1.807, 2.05) is 39.8 Å². The molecule has 0 aliphatic carbocycles. The Kier molecular flexibility index (Phi) is 5.78. The number of carboxylic acid groups (broad SMARTS) is 1. The highest BCUT2D eigenvalue weighted by Crippen LogP contribution is 2.47. The topological polar surface area (TPSA) is 89.0 Å². The van der Waals surface area contributed by atoms with E-state index in [0.717, 1.165) is 5.56 Å². The van der Waals surface area contributed by atoms with E-state index in [1.165, 1.54) is 4.90 Å². The average Bonchev–Trinajstić information content (AvgIpc) is 2.59. The van der Waals surface area contributed by atoms with Crippen molar-refractivity contribution >= 4 is 12.1 Å². The molecule has 1 saturated heterocycles. The highest BCUT2D eigenvalue weighted by atomic mass is 16.6. The Morgan fingerprint density at radius 3 is 2.65 bits per heavy atom. The van der Waals surface area contributed by atoms with Crippen LogP contribution >= 0.6 is 0 Å². The molecule has 2 atom stereocenters. The number of pyridine rings is 1. The van der Waals surface area contributed by atoms with Gasteiger partial charge in [-0.3, -0.25) is 4.79 Å². The second-order valence-corrected chi connectivity index (χ2v) is 7.69. The Morgan fingerprint density at radius 2 is 2.12 bits per heavy atom. The molecule has 1 aliphatic heterocycles. The van der Waals surface area contributed by atoms with Gasteiger partial charge in [0.25, 0.3) is 0 Å². The number of nitrogens with zero attached hydrogens (tertiary/aromatic N) is 2. The lowest BCUT2D eigenvalue weighted by atomic mass is 9.66. The van der Waals surface area contributed by atoms with Gasteiger partial charge >= 0.3 is 12.1 Å². The first-order chi connectivity index (χ1) is 12.1. The Labute approximate surface area is 154 Å². The lowest BCUT2D eigenvalue weighted by molar-refractivity contribution is -0.172. The number of ether oxygens (including phenoxy) is 2. The molecular weight excluding hydrogens is 336 g/mol. The number of esters is 1. The highest BCUT2D eigenvalue weighted by Gasteiger charge is 2.51. The van der Waals surface area contributed by atoms with Gasteiger partial charge in [0.2, 0.25) is 5.88 Å². The van der Waals surface area contributed by atoms with E-state index in [1.54, 1.807) is 13.3 Å². The van der Waals surface area contributed by atoms with Crippen LogP contribution in [0.3, 0.4) is 0 Å². The molecule has 0 radical (unpaired) electrons. The van der Waals surface area contributed by atoms with E-state index in [9.17, 15) is 14.7 Å². The van der Waals surface area contributed by atoms with Crippen LogP contribution in [0.4, 0.5) is 4.79 Å². The number of aromatic nitrogens is 1. The van der Waals surface area contributed by atoms with Crippen LogP contribution in [0.5, 0.6) is 5.88 Å². The van der Waals surface area contributed by atoms with Crippen molar-refractivity contribution in [2.45, 2.75) is 52.1 Å². The van der Waals surface area contributed by atoms with Crippen molar-refractivity contribution in [1.29, 1.82) is 0 Å². The van der Waals surface area contributed by atoms with Gasteiger partial charge in [-0.15, -0.1) is 0 Å². The number of hydrogen-bond donors (Lipinski definition) is 1. The van der Waals surface area contributed by atoms with Gasteiger partial charge in [-0.2, -0.15) is 0 Å². The Morgan fingerprint density at radius 1 is 1.42 bits per heavy atom. The number of likely N-dealkylation sites (tertiary alicyclic amines) is 1.